The first kappa shape index (κ1) is 14.3. The third-order valence-corrected chi connectivity index (χ3v) is 5.13. The standard InChI is InChI=1S/C15H30N2O/c1-14(2)6-4-13(5-7-14)17(3)11-15(10-16)8-9-18-12-15/h13H,4-12,16H2,1-3H3. The number of nitrogens with zero attached hydrogens (tertiary/aromatic N) is 1. The van der Waals surface area contributed by atoms with Gasteiger partial charge in [0.15, 0.2) is 0 Å². The molecule has 3 heteroatoms. The Labute approximate surface area is 112 Å². The van der Waals surface area contributed by atoms with Crippen LogP contribution in [-0.4, -0.2) is 44.3 Å². The summed E-state index contributed by atoms with van der Waals surface area (Å²) < 4.78 is 5.57. The van der Waals surface area contributed by atoms with E-state index in [1.165, 1.54) is 25.7 Å². The third kappa shape index (κ3) is 3.25. The van der Waals surface area contributed by atoms with Crippen molar-refractivity contribution in [3.05, 3.63) is 0 Å². The molecular weight excluding hydrogens is 224 g/mol. The van der Waals surface area contributed by atoms with Crippen molar-refractivity contribution in [1.82, 2.24) is 4.90 Å². The predicted octanol–water partition coefficient (Wildman–Crippen LogP) is 2.25. The van der Waals surface area contributed by atoms with Gasteiger partial charge in [0.1, 0.15) is 0 Å². The Morgan fingerprint density at radius 1 is 1.22 bits per heavy atom. The smallest absolute Gasteiger partial charge is 0.0547 e. The zero-order chi connectivity index (χ0) is 13.2. The molecule has 1 heterocycles. The molecule has 0 bridgehead atoms. The largest absolute Gasteiger partial charge is 0.381 e. The molecule has 0 aromatic carbocycles. The van der Waals surface area contributed by atoms with E-state index in [2.05, 4.69) is 25.8 Å². The van der Waals surface area contributed by atoms with Gasteiger partial charge in [-0.25, -0.2) is 0 Å². The van der Waals surface area contributed by atoms with Crippen molar-refractivity contribution in [3.63, 3.8) is 0 Å². The van der Waals surface area contributed by atoms with Gasteiger partial charge in [0.25, 0.3) is 0 Å². The van der Waals surface area contributed by atoms with Crippen LogP contribution in [0.4, 0.5) is 0 Å². The van der Waals surface area contributed by atoms with E-state index in [-0.39, 0.29) is 5.41 Å². The fourth-order valence-corrected chi connectivity index (χ4v) is 3.48. The van der Waals surface area contributed by atoms with Gasteiger partial charge in [-0.15, -0.1) is 0 Å². The number of hydrogen-bond donors (Lipinski definition) is 1. The van der Waals surface area contributed by atoms with Crippen LogP contribution in [0.15, 0.2) is 0 Å². The molecule has 0 aromatic rings. The maximum absolute atomic E-state index is 5.98. The summed E-state index contributed by atoms with van der Waals surface area (Å²) in [5, 5.41) is 0. The van der Waals surface area contributed by atoms with Gasteiger partial charge < -0.3 is 15.4 Å². The van der Waals surface area contributed by atoms with Crippen LogP contribution >= 0.6 is 0 Å². The molecule has 1 saturated heterocycles. The van der Waals surface area contributed by atoms with E-state index in [9.17, 15) is 0 Å². The first-order valence-electron chi connectivity index (χ1n) is 7.45. The van der Waals surface area contributed by atoms with Crippen LogP contribution in [0.25, 0.3) is 0 Å². The van der Waals surface area contributed by atoms with Crippen molar-refractivity contribution in [3.8, 4) is 0 Å². The average Bonchev–Trinajstić information content (AvgIpc) is 2.78. The highest BCUT2D eigenvalue weighted by Crippen LogP contribution is 2.38. The molecule has 18 heavy (non-hydrogen) atoms. The van der Waals surface area contributed by atoms with E-state index in [0.717, 1.165) is 38.8 Å². The van der Waals surface area contributed by atoms with E-state index in [1.54, 1.807) is 0 Å². The minimum absolute atomic E-state index is 0.224. The monoisotopic (exact) mass is 254 g/mol. The number of hydrogen-bond acceptors (Lipinski definition) is 3. The summed E-state index contributed by atoms with van der Waals surface area (Å²) in [6.45, 7) is 8.41. The maximum atomic E-state index is 5.98. The third-order valence-electron chi connectivity index (χ3n) is 5.13. The zero-order valence-corrected chi connectivity index (χ0v) is 12.4. The molecule has 0 amide bonds. The quantitative estimate of drug-likeness (QED) is 0.836. The molecule has 2 rings (SSSR count). The van der Waals surface area contributed by atoms with Crippen LogP contribution in [0.1, 0.15) is 46.0 Å². The highest BCUT2D eigenvalue weighted by atomic mass is 16.5. The number of rotatable bonds is 4. The zero-order valence-electron chi connectivity index (χ0n) is 12.4. The lowest BCUT2D eigenvalue weighted by Gasteiger charge is -2.41. The van der Waals surface area contributed by atoms with Crippen molar-refractivity contribution in [1.29, 1.82) is 0 Å². The Morgan fingerprint density at radius 2 is 1.89 bits per heavy atom. The minimum Gasteiger partial charge on any atom is -0.381 e. The van der Waals surface area contributed by atoms with E-state index in [4.69, 9.17) is 10.5 Å². The first-order valence-corrected chi connectivity index (χ1v) is 7.45. The van der Waals surface area contributed by atoms with Crippen LogP contribution in [0, 0.1) is 10.8 Å². The van der Waals surface area contributed by atoms with E-state index in [0.29, 0.717) is 5.41 Å². The summed E-state index contributed by atoms with van der Waals surface area (Å²) in [5.41, 5.74) is 6.76. The summed E-state index contributed by atoms with van der Waals surface area (Å²) in [5.74, 6) is 0. The van der Waals surface area contributed by atoms with Gasteiger partial charge in [0, 0.05) is 31.2 Å². The van der Waals surface area contributed by atoms with Crippen LogP contribution in [0.3, 0.4) is 0 Å². The predicted molar refractivity (Wildman–Crippen MR) is 75.6 cm³/mol. The lowest BCUT2D eigenvalue weighted by molar-refractivity contribution is 0.0748. The van der Waals surface area contributed by atoms with Crippen molar-refractivity contribution in [2.45, 2.75) is 52.0 Å². The number of nitrogens with two attached hydrogens (primary N) is 1. The second kappa shape index (κ2) is 5.48. The second-order valence-corrected chi connectivity index (χ2v) is 7.32. The van der Waals surface area contributed by atoms with Crippen molar-refractivity contribution in [2.24, 2.45) is 16.6 Å². The van der Waals surface area contributed by atoms with E-state index >= 15 is 0 Å². The first-order chi connectivity index (χ1) is 8.46. The Hall–Kier alpha value is -0.120. The normalized spacial score (nSPS) is 33.2. The molecule has 106 valence electrons. The van der Waals surface area contributed by atoms with Crippen molar-refractivity contribution < 1.29 is 4.74 Å². The Bertz CT molecular complexity index is 262. The lowest BCUT2D eigenvalue weighted by atomic mass is 9.75. The summed E-state index contributed by atoms with van der Waals surface area (Å²) in [6, 6.07) is 0.752. The molecular formula is C15H30N2O. The van der Waals surface area contributed by atoms with Gasteiger partial charge in [-0.1, -0.05) is 13.8 Å². The Morgan fingerprint density at radius 3 is 2.39 bits per heavy atom. The second-order valence-electron chi connectivity index (χ2n) is 7.32. The van der Waals surface area contributed by atoms with Crippen molar-refractivity contribution in [2.75, 3.05) is 33.4 Å². The van der Waals surface area contributed by atoms with Gasteiger partial charge in [-0.3, -0.25) is 0 Å². The van der Waals surface area contributed by atoms with Gasteiger partial charge in [-0.05, 0) is 44.6 Å². The topological polar surface area (TPSA) is 38.5 Å². The molecule has 1 saturated carbocycles. The van der Waals surface area contributed by atoms with Gasteiger partial charge in [0.05, 0.1) is 6.61 Å². The maximum Gasteiger partial charge on any atom is 0.0547 e. The molecule has 3 nitrogen and oxygen atoms in total. The molecule has 2 aliphatic rings. The fourth-order valence-electron chi connectivity index (χ4n) is 3.48. The molecule has 0 spiro atoms. The SMILES string of the molecule is CN(CC1(CN)CCOC1)C1CCC(C)(C)CC1. The lowest BCUT2D eigenvalue weighted by Crippen LogP contribution is -2.46. The van der Waals surface area contributed by atoms with Crippen LogP contribution in [-0.2, 0) is 4.74 Å². The molecule has 1 atom stereocenters. The molecule has 1 aliphatic heterocycles. The Balaban J connectivity index is 1.86. The van der Waals surface area contributed by atoms with Crippen LogP contribution < -0.4 is 5.73 Å². The average molecular weight is 254 g/mol. The minimum atomic E-state index is 0.224. The van der Waals surface area contributed by atoms with E-state index in [1.807, 2.05) is 0 Å². The molecule has 0 radical (unpaired) electrons. The highest BCUT2D eigenvalue weighted by Gasteiger charge is 2.37. The van der Waals surface area contributed by atoms with Crippen LogP contribution in [0.2, 0.25) is 0 Å². The van der Waals surface area contributed by atoms with Crippen molar-refractivity contribution >= 4 is 0 Å². The molecule has 0 aromatic heterocycles. The van der Waals surface area contributed by atoms with Gasteiger partial charge in [0.2, 0.25) is 0 Å². The molecule has 2 fully saturated rings. The fraction of sp³-hybridized carbons (Fsp3) is 1.00. The van der Waals surface area contributed by atoms with Gasteiger partial charge >= 0.3 is 0 Å². The van der Waals surface area contributed by atoms with E-state index < -0.39 is 0 Å². The van der Waals surface area contributed by atoms with Crippen LogP contribution in [0.5, 0.6) is 0 Å². The summed E-state index contributed by atoms with van der Waals surface area (Å²) in [7, 11) is 2.28. The van der Waals surface area contributed by atoms with Gasteiger partial charge in [-0.2, -0.15) is 0 Å². The highest BCUT2D eigenvalue weighted by molar-refractivity contribution is 4.90. The summed E-state index contributed by atoms with van der Waals surface area (Å²) >= 11 is 0. The summed E-state index contributed by atoms with van der Waals surface area (Å²) in [6.07, 6.45) is 6.52. The molecule has 2 N–H and O–H groups in total. The summed E-state index contributed by atoms with van der Waals surface area (Å²) in [4.78, 5) is 2.55. The number of ether oxygens (including phenoxy) is 1. The molecule has 1 aliphatic carbocycles. The Kier molecular flexibility index (Phi) is 4.35. The molecule has 1 unspecified atom stereocenters.